The van der Waals surface area contributed by atoms with Crippen molar-refractivity contribution in [2.75, 3.05) is 17.7 Å². The molecule has 0 saturated heterocycles. The van der Waals surface area contributed by atoms with Crippen LogP contribution in [0.3, 0.4) is 0 Å². The average Bonchev–Trinajstić information content (AvgIpc) is 2.24. The number of hydrogen-bond donors (Lipinski definition) is 2. The fourth-order valence-electron chi connectivity index (χ4n) is 1.08. The Morgan fingerprint density at radius 3 is 2.30 bits per heavy atom. The van der Waals surface area contributed by atoms with Gasteiger partial charge in [0.25, 0.3) is 0 Å². The zero-order valence-corrected chi connectivity index (χ0v) is 12.1. The van der Waals surface area contributed by atoms with Crippen molar-refractivity contribution in [3.8, 4) is 6.01 Å². The van der Waals surface area contributed by atoms with Crippen molar-refractivity contribution in [3.63, 3.8) is 0 Å². The monoisotopic (exact) mass is 302 g/mol. The van der Waals surface area contributed by atoms with E-state index in [1.807, 2.05) is 20.8 Å². The van der Waals surface area contributed by atoms with Gasteiger partial charge in [-0.3, -0.25) is 5.32 Å². The van der Waals surface area contributed by atoms with E-state index >= 15 is 0 Å². The van der Waals surface area contributed by atoms with Crippen LogP contribution in [-0.2, 0) is 10.5 Å². The third-order valence-electron chi connectivity index (χ3n) is 1.66. The molecule has 1 aromatic heterocycles. The second kappa shape index (κ2) is 6.23. The first-order chi connectivity index (χ1) is 9.19. The molecule has 20 heavy (non-hydrogen) atoms. The number of methoxy groups -OCH3 is 1. The molecule has 0 aromatic carbocycles. The molecule has 2 N–H and O–H groups in total. The van der Waals surface area contributed by atoms with Crippen molar-refractivity contribution >= 4 is 28.4 Å². The minimum Gasteiger partial charge on any atom is -0.467 e. The summed E-state index contributed by atoms with van der Waals surface area (Å²) in [5.74, 6) is -0.00861. The molecule has 1 rings (SSSR count). The highest BCUT2D eigenvalue weighted by Gasteiger charge is 2.15. The Bertz CT molecular complexity index is 628. The lowest BCUT2D eigenvalue weighted by Crippen LogP contribution is -2.28. The number of ether oxygens (including phenoxy) is 1. The molecular weight excluding hydrogens is 288 g/mol. The summed E-state index contributed by atoms with van der Waals surface area (Å²) in [6, 6.07) is -1.15. The van der Waals surface area contributed by atoms with E-state index in [4.69, 9.17) is 4.74 Å². The summed E-state index contributed by atoms with van der Waals surface area (Å²) in [6.45, 7) is 5.66. The molecule has 0 unspecified atom stereocenters. The quantitative estimate of drug-likeness (QED) is 0.832. The molecule has 0 atom stereocenters. The maximum Gasteiger partial charge on any atom is 0.362 e. The third-order valence-corrected chi connectivity index (χ3v) is 1.98. The standard InChI is InChI=1S/C9H14N6O4S/c1-9(2,3)14-6-10-5(12-8(13-6)19-4)11-7(16)15-20(17)18/h1-4H3,(H2,10,11,12,13,14,16). The van der Waals surface area contributed by atoms with Gasteiger partial charge in [0, 0.05) is 5.54 Å². The Kier molecular flexibility index (Phi) is 4.91. The predicted octanol–water partition coefficient (Wildman–Crippen LogP) is 0.685. The zero-order valence-electron chi connectivity index (χ0n) is 11.3. The Labute approximate surface area is 116 Å². The van der Waals surface area contributed by atoms with Gasteiger partial charge in [-0.2, -0.15) is 23.4 Å². The van der Waals surface area contributed by atoms with Crippen LogP contribution < -0.4 is 15.4 Å². The minimum absolute atomic E-state index is 0.0368. The Hall–Kier alpha value is -2.30. The van der Waals surface area contributed by atoms with Crippen LogP contribution in [0, 0.1) is 0 Å². The van der Waals surface area contributed by atoms with E-state index in [9.17, 15) is 13.2 Å². The number of nitrogens with zero attached hydrogens (tertiary/aromatic N) is 4. The van der Waals surface area contributed by atoms with E-state index in [1.54, 1.807) is 0 Å². The van der Waals surface area contributed by atoms with E-state index in [2.05, 4.69) is 29.9 Å². The van der Waals surface area contributed by atoms with Crippen LogP contribution in [0.15, 0.2) is 4.36 Å². The molecule has 1 aromatic rings. The van der Waals surface area contributed by atoms with E-state index in [-0.39, 0.29) is 23.4 Å². The number of hydrogen-bond acceptors (Lipinski definition) is 8. The topological polar surface area (TPSA) is 136 Å². The Morgan fingerprint density at radius 2 is 1.80 bits per heavy atom. The first-order valence-corrected chi connectivity index (χ1v) is 6.43. The number of anilines is 2. The number of carbonyl (C=O) groups is 1. The zero-order chi connectivity index (χ0) is 15.3. The molecule has 1 heterocycles. The SMILES string of the molecule is COc1nc(NC(=O)N=S(=O)=O)nc(NC(C)(C)C)n1. The molecule has 0 spiro atoms. The van der Waals surface area contributed by atoms with Gasteiger partial charge in [-0.1, -0.05) is 4.36 Å². The van der Waals surface area contributed by atoms with Crippen molar-refractivity contribution < 1.29 is 17.9 Å². The van der Waals surface area contributed by atoms with Gasteiger partial charge in [-0.05, 0) is 20.8 Å². The molecule has 0 aliphatic carbocycles. The summed E-state index contributed by atoms with van der Waals surface area (Å²) in [5.41, 5.74) is -0.325. The van der Waals surface area contributed by atoms with Gasteiger partial charge in [0.2, 0.25) is 11.9 Å². The van der Waals surface area contributed by atoms with Gasteiger partial charge < -0.3 is 10.1 Å². The fourth-order valence-corrected chi connectivity index (χ4v) is 1.26. The van der Waals surface area contributed by atoms with Crippen LogP contribution in [-0.4, -0.2) is 42.0 Å². The number of nitrogens with one attached hydrogen (secondary N) is 2. The first-order valence-electron chi connectivity index (χ1n) is 5.40. The summed E-state index contributed by atoms with van der Waals surface area (Å²) < 4.78 is 28.1. The molecule has 2 amide bonds. The van der Waals surface area contributed by atoms with Gasteiger partial charge >= 0.3 is 22.5 Å². The molecule has 0 saturated carbocycles. The highest BCUT2D eigenvalue weighted by atomic mass is 32.2. The Morgan fingerprint density at radius 1 is 1.20 bits per heavy atom. The molecule has 110 valence electrons. The number of aromatic nitrogens is 3. The maximum absolute atomic E-state index is 11.2. The van der Waals surface area contributed by atoms with Gasteiger partial charge in [-0.25, -0.2) is 4.79 Å². The van der Waals surface area contributed by atoms with Crippen LogP contribution in [0.2, 0.25) is 0 Å². The van der Waals surface area contributed by atoms with Crippen LogP contribution in [0.5, 0.6) is 6.01 Å². The predicted molar refractivity (Wildman–Crippen MR) is 70.1 cm³/mol. The summed E-state index contributed by atoms with van der Waals surface area (Å²) in [4.78, 5) is 22.8. The van der Waals surface area contributed by atoms with E-state index in [1.165, 1.54) is 7.11 Å². The van der Waals surface area contributed by atoms with Gasteiger partial charge in [0.15, 0.2) is 0 Å². The van der Waals surface area contributed by atoms with Crippen LogP contribution in [0.25, 0.3) is 0 Å². The summed E-state index contributed by atoms with van der Waals surface area (Å²) in [6.07, 6.45) is 0. The Balaban J connectivity index is 3.04. The largest absolute Gasteiger partial charge is 0.467 e. The second-order valence-electron chi connectivity index (χ2n) is 4.58. The summed E-state index contributed by atoms with van der Waals surface area (Å²) in [5, 5.41) is 5.06. The highest BCUT2D eigenvalue weighted by molar-refractivity contribution is 7.62. The second-order valence-corrected chi connectivity index (χ2v) is 5.20. The first kappa shape index (κ1) is 15.8. The molecule has 0 aliphatic heterocycles. The third kappa shape index (κ3) is 5.56. The lowest BCUT2D eigenvalue weighted by molar-refractivity contribution is 0.259. The van der Waals surface area contributed by atoms with E-state index in [0.717, 1.165) is 0 Å². The number of urea groups is 1. The smallest absolute Gasteiger partial charge is 0.362 e. The molecule has 0 fully saturated rings. The van der Waals surface area contributed by atoms with Gasteiger partial charge in [0.05, 0.1) is 7.11 Å². The summed E-state index contributed by atoms with van der Waals surface area (Å²) >= 11 is 0. The highest BCUT2D eigenvalue weighted by Crippen LogP contribution is 2.15. The van der Waals surface area contributed by atoms with Crippen LogP contribution in [0.4, 0.5) is 16.7 Å². The fraction of sp³-hybridized carbons (Fsp3) is 0.556. The van der Waals surface area contributed by atoms with Crippen LogP contribution in [0.1, 0.15) is 20.8 Å². The normalized spacial score (nSPS) is 10.6. The van der Waals surface area contributed by atoms with E-state index < -0.39 is 16.5 Å². The molecule has 0 aliphatic rings. The molecule has 0 radical (unpaired) electrons. The average molecular weight is 302 g/mol. The molecular formula is C9H14N6O4S. The molecule has 0 bridgehead atoms. The number of carbonyl (C=O) groups excluding carboxylic acids is 1. The molecule has 11 heteroatoms. The minimum atomic E-state index is -2.85. The number of amides is 2. The van der Waals surface area contributed by atoms with Gasteiger partial charge in [0.1, 0.15) is 0 Å². The van der Waals surface area contributed by atoms with E-state index in [0.29, 0.717) is 0 Å². The molecule has 10 nitrogen and oxygen atoms in total. The van der Waals surface area contributed by atoms with Crippen molar-refractivity contribution in [1.82, 2.24) is 15.0 Å². The summed E-state index contributed by atoms with van der Waals surface area (Å²) in [7, 11) is -1.51. The van der Waals surface area contributed by atoms with Crippen LogP contribution >= 0.6 is 0 Å². The maximum atomic E-state index is 11.2. The lowest BCUT2D eigenvalue weighted by atomic mass is 10.1. The number of rotatable bonds is 3. The van der Waals surface area contributed by atoms with Crippen molar-refractivity contribution in [2.24, 2.45) is 4.36 Å². The lowest BCUT2D eigenvalue weighted by Gasteiger charge is -2.20. The van der Waals surface area contributed by atoms with Crippen molar-refractivity contribution in [3.05, 3.63) is 0 Å². The van der Waals surface area contributed by atoms with Crippen molar-refractivity contribution in [1.29, 1.82) is 0 Å². The van der Waals surface area contributed by atoms with Gasteiger partial charge in [-0.15, -0.1) is 0 Å². The van der Waals surface area contributed by atoms with Crippen molar-refractivity contribution in [2.45, 2.75) is 26.3 Å².